The molecule has 2 aromatic rings. The topological polar surface area (TPSA) is 38.8 Å². The van der Waals surface area contributed by atoms with Crippen molar-refractivity contribution in [3.05, 3.63) is 94.8 Å². The molecule has 164 valence electrons. The Morgan fingerprint density at radius 3 is 2.41 bits per heavy atom. The van der Waals surface area contributed by atoms with Gasteiger partial charge in [0, 0.05) is 50.9 Å². The molecule has 1 fully saturated rings. The van der Waals surface area contributed by atoms with Crippen molar-refractivity contribution in [1.29, 1.82) is 0 Å². The highest BCUT2D eigenvalue weighted by Gasteiger charge is 2.33. The summed E-state index contributed by atoms with van der Waals surface area (Å²) in [5.74, 6) is 0.157. The van der Waals surface area contributed by atoms with E-state index < -0.39 is 0 Å². The Kier molecular flexibility index (Phi) is 5.77. The summed E-state index contributed by atoms with van der Waals surface area (Å²) in [7, 11) is 0. The van der Waals surface area contributed by atoms with Crippen molar-refractivity contribution in [3.8, 4) is 0 Å². The third-order valence-electron chi connectivity index (χ3n) is 6.36. The molecule has 0 aromatic heterocycles. The molecule has 1 saturated heterocycles. The van der Waals surface area contributed by atoms with Gasteiger partial charge in [-0.3, -0.25) is 9.69 Å². The highest BCUT2D eigenvalue weighted by atomic mass is 35.5. The molecule has 0 radical (unpaired) electrons. The van der Waals surface area contributed by atoms with E-state index in [9.17, 15) is 4.79 Å². The van der Waals surface area contributed by atoms with Crippen LogP contribution in [0, 0.1) is 0 Å². The second-order valence-corrected chi connectivity index (χ2v) is 8.85. The van der Waals surface area contributed by atoms with E-state index in [2.05, 4.69) is 69.9 Å². The Morgan fingerprint density at radius 1 is 1.00 bits per heavy atom. The Bertz CT molecular complexity index is 1080. The quantitative estimate of drug-likeness (QED) is 0.770. The number of hydrogen-bond acceptors (Lipinski definition) is 4. The van der Waals surface area contributed by atoms with Gasteiger partial charge in [-0.2, -0.15) is 0 Å². The van der Waals surface area contributed by atoms with Crippen molar-refractivity contribution in [1.82, 2.24) is 20.0 Å². The van der Waals surface area contributed by atoms with Gasteiger partial charge in [-0.15, -0.1) is 0 Å². The maximum absolute atomic E-state index is 11.7. The average Bonchev–Trinajstić information content (AvgIpc) is 3.18. The number of rotatable bonds is 4. The average molecular weight is 447 g/mol. The monoisotopic (exact) mass is 446 g/mol. The second-order valence-electron chi connectivity index (χ2n) is 8.42. The van der Waals surface area contributed by atoms with E-state index in [0.29, 0.717) is 0 Å². The van der Waals surface area contributed by atoms with Gasteiger partial charge in [0.1, 0.15) is 6.17 Å². The minimum Gasteiger partial charge on any atom is -0.360 e. The number of nitrogens with one attached hydrogen (secondary N) is 1. The van der Waals surface area contributed by atoms with Gasteiger partial charge in [0.15, 0.2) is 0 Å². The largest absolute Gasteiger partial charge is 0.360 e. The van der Waals surface area contributed by atoms with Crippen molar-refractivity contribution >= 4 is 28.8 Å². The fourth-order valence-corrected chi connectivity index (χ4v) is 4.67. The molecule has 2 aromatic carbocycles. The van der Waals surface area contributed by atoms with Crippen molar-refractivity contribution < 1.29 is 4.79 Å². The number of carbonyl (C=O) groups is 1. The summed E-state index contributed by atoms with van der Waals surface area (Å²) < 4.78 is 0. The first-order chi connectivity index (χ1) is 15.6. The molecule has 0 spiro atoms. The van der Waals surface area contributed by atoms with Crippen molar-refractivity contribution in [2.75, 3.05) is 32.7 Å². The van der Waals surface area contributed by atoms with E-state index in [1.165, 1.54) is 16.8 Å². The van der Waals surface area contributed by atoms with Gasteiger partial charge < -0.3 is 15.1 Å². The number of halogens is 1. The van der Waals surface area contributed by atoms with Crippen LogP contribution in [0.15, 0.2) is 78.6 Å². The van der Waals surface area contributed by atoms with E-state index in [1.54, 1.807) is 6.92 Å². The molecule has 1 atom stereocenters. The smallest absolute Gasteiger partial charge is 0.219 e. The normalized spacial score (nSPS) is 20.8. The minimum atomic E-state index is 0.0849. The van der Waals surface area contributed by atoms with Crippen LogP contribution < -0.4 is 5.32 Å². The first-order valence-corrected chi connectivity index (χ1v) is 11.4. The molecular weight excluding hydrogens is 420 g/mol. The van der Waals surface area contributed by atoms with Gasteiger partial charge in [-0.25, -0.2) is 0 Å². The Morgan fingerprint density at radius 2 is 1.72 bits per heavy atom. The van der Waals surface area contributed by atoms with Crippen LogP contribution in [0.2, 0.25) is 5.02 Å². The summed E-state index contributed by atoms with van der Waals surface area (Å²) in [4.78, 5) is 18.4. The third kappa shape index (κ3) is 4.18. The highest BCUT2D eigenvalue weighted by molar-refractivity contribution is 6.30. The molecule has 5 rings (SSSR count). The van der Waals surface area contributed by atoms with Gasteiger partial charge in [0.05, 0.1) is 11.4 Å². The molecule has 3 heterocycles. The van der Waals surface area contributed by atoms with Gasteiger partial charge in [-0.05, 0) is 34.9 Å². The molecule has 0 bridgehead atoms. The first kappa shape index (κ1) is 20.9. The number of fused-ring (bicyclic) bond motifs is 1. The number of piperazine rings is 1. The van der Waals surface area contributed by atoms with Crippen LogP contribution in [0.5, 0.6) is 0 Å². The van der Waals surface area contributed by atoms with Crippen LogP contribution in [-0.4, -0.2) is 59.5 Å². The number of carbonyl (C=O) groups excluding carboxylic acids is 1. The lowest BCUT2D eigenvalue weighted by molar-refractivity contribution is -0.130. The lowest BCUT2D eigenvalue weighted by Crippen LogP contribution is -2.49. The molecule has 0 saturated carbocycles. The summed E-state index contributed by atoms with van der Waals surface area (Å²) in [6.45, 7) is 5.78. The Labute approximate surface area is 194 Å². The standard InChI is InChI=1S/C26H27ClN4O/c1-19(32)30-15-13-29(14-16-30)18-24-26(21-7-10-23(27)11-8-21)28-25-12-9-22(17-31(24)25)20-5-3-2-4-6-20/h2-12,17,25,28H,13-16,18H2,1H3. The van der Waals surface area contributed by atoms with Crippen LogP contribution in [0.4, 0.5) is 0 Å². The maximum atomic E-state index is 11.7. The predicted molar refractivity (Wildman–Crippen MR) is 129 cm³/mol. The fourth-order valence-electron chi connectivity index (χ4n) is 4.55. The minimum absolute atomic E-state index is 0.0849. The summed E-state index contributed by atoms with van der Waals surface area (Å²) in [6, 6.07) is 18.5. The van der Waals surface area contributed by atoms with Crippen LogP contribution in [-0.2, 0) is 4.79 Å². The zero-order valence-corrected chi connectivity index (χ0v) is 18.9. The lowest BCUT2D eigenvalue weighted by Gasteiger charge is -2.36. The van der Waals surface area contributed by atoms with E-state index in [-0.39, 0.29) is 12.1 Å². The van der Waals surface area contributed by atoms with E-state index in [0.717, 1.165) is 49.0 Å². The molecule has 32 heavy (non-hydrogen) atoms. The van der Waals surface area contributed by atoms with Gasteiger partial charge in [0.2, 0.25) is 5.91 Å². The number of nitrogens with zero attached hydrogens (tertiary/aromatic N) is 3. The zero-order chi connectivity index (χ0) is 22.1. The SMILES string of the molecule is CC(=O)N1CCN(CC2=C(c3ccc(Cl)cc3)NC3C=CC(c4ccccc4)=CN23)CC1. The molecule has 3 aliphatic rings. The lowest BCUT2D eigenvalue weighted by atomic mass is 10.0. The highest BCUT2D eigenvalue weighted by Crippen LogP contribution is 2.34. The second kappa shape index (κ2) is 8.85. The van der Waals surface area contributed by atoms with Crippen LogP contribution in [0.1, 0.15) is 18.1 Å². The van der Waals surface area contributed by atoms with Gasteiger partial charge in [0.25, 0.3) is 0 Å². The Hall–Kier alpha value is -3.02. The number of allylic oxidation sites excluding steroid dienone is 2. The molecule has 1 unspecified atom stereocenters. The van der Waals surface area contributed by atoms with Crippen molar-refractivity contribution in [2.24, 2.45) is 0 Å². The van der Waals surface area contributed by atoms with Crippen molar-refractivity contribution in [3.63, 3.8) is 0 Å². The van der Waals surface area contributed by atoms with E-state index in [4.69, 9.17) is 11.6 Å². The number of hydrogen-bond donors (Lipinski definition) is 1. The maximum Gasteiger partial charge on any atom is 0.219 e. The molecule has 1 N–H and O–H groups in total. The predicted octanol–water partition coefficient (Wildman–Crippen LogP) is 4.01. The third-order valence-corrected chi connectivity index (χ3v) is 6.61. The molecule has 1 amide bonds. The fraction of sp³-hybridized carbons (Fsp3) is 0.269. The van der Waals surface area contributed by atoms with Crippen LogP contribution >= 0.6 is 11.6 Å². The molecule has 6 heteroatoms. The van der Waals surface area contributed by atoms with E-state index >= 15 is 0 Å². The van der Waals surface area contributed by atoms with Crippen LogP contribution in [0.3, 0.4) is 0 Å². The van der Waals surface area contributed by atoms with Crippen LogP contribution in [0.25, 0.3) is 11.3 Å². The number of benzene rings is 2. The summed E-state index contributed by atoms with van der Waals surface area (Å²) in [5, 5.41) is 4.44. The number of amides is 1. The van der Waals surface area contributed by atoms with E-state index in [1.807, 2.05) is 23.1 Å². The Balaban J connectivity index is 1.47. The van der Waals surface area contributed by atoms with Gasteiger partial charge in [-0.1, -0.05) is 60.1 Å². The summed E-state index contributed by atoms with van der Waals surface area (Å²) in [6.07, 6.45) is 6.75. The summed E-state index contributed by atoms with van der Waals surface area (Å²) >= 11 is 6.15. The molecule has 5 nitrogen and oxygen atoms in total. The first-order valence-electron chi connectivity index (χ1n) is 11.1. The summed E-state index contributed by atoms with van der Waals surface area (Å²) in [5.41, 5.74) is 5.91. The zero-order valence-electron chi connectivity index (χ0n) is 18.2. The molecule has 0 aliphatic carbocycles. The molecule has 3 aliphatic heterocycles. The van der Waals surface area contributed by atoms with Crippen molar-refractivity contribution in [2.45, 2.75) is 13.1 Å². The van der Waals surface area contributed by atoms with Gasteiger partial charge >= 0.3 is 0 Å². The molecular formula is C26H27ClN4O.